The van der Waals surface area contributed by atoms with Gasteiger partial charge in [0.1, 0.15) is 11.3 Å². The summed E-state index contributed by atoms with van der Waals surface area (Å²) in [5, 5.41) is 2.69. The summed E-state index contributed by atoms with van der Waals surface area (Å²) in [4.78, 5) is 39.1. The van der Waals surface area contributed by atoms with Crippen LogP contribution < -0.4 is 15.0 Å². The van der Waals surface area contributed by atoms with Crippen LogP contribution in [0.25, 0.3) is 6.08 Å². The van der Waals surface area contributed by atoms with Crippen LogP contribution in [0.2, 0.25) is 5.02 Å². The first-order chi connectivity index (χ1) is 15.3. The number of rotatable bonds is 8. The summed E-state index contributed by atoms with van der Waals surface area (Å²) in [5.41, 5.74) is 2.69. The second-order valence-electron chi connectivity index (χ2n) is 7.82. The number of amides is 4. The summed E-state index contributed by atoms with van der Waals surface area (Å²) >= 11 is 6.15. The minimum atomic E-state index is -0.779. The molecule has 4 amide bonds. The lowest BCUT2D eigenvalue weighted by Crippen LogP contribution is -2.54. The van der Waals surface area contributed by atoms with Gasteiger partial charge in [-0.25, -0.2) is 9.69 Å². The average molecular weight is 455 g/mol. The van der Waals surface area contributed by atoms with Crippen molar-refractivity contribution < 1.29 is 19.1 Å². The molecule has 0 bridgehead atoms. The number of ether oxygens (including phenoxy) is 1. The number of nitrogens with zero attached hydrogens (tertiary/aromatic N) is 1. The second kappa shape index (κ2) is 10.5. The molecular formula is C25H27ClN2O4. The van der Waals surface area contributed by atoms with E-state index >= 15 is 0 Å². The van der Waals surface area contributed by atoms with Crippen LogP contribution in [0.1, 0.15) is 49.3 Å². The maximum absolute atomic E-state index is 13.2. The molecule has 0 aromatic heterocycles. The van der Waals surface area contributed by atoms with E-state index in [1.165, 1.54) is 6.08 Å². The van der Waals surface area contributed by atoms with Gasteiger partial charge in [-0.15, -0.1) is 0 Å². The predicted molar refractivity (Wildman–Crippen MR) is 126 cm³/mol. The van der Waals surface area contributed by atoms with E-state index in [2.05, 4.69) is 12.2 Å². The minimum absolute atomic E-state index is 0.166. The van der Waals surface area contributed by atoms with Crippen LogP contribution >= 0.6 is 11.6 Å². The van der Waals surface area contributed by atoms with Crippen LogP contribution in [0.4, 0.5) is 10.5 Å². The van der Waals surface area contributed by atoms with E-state index in [9.17, 15) is 14.4 Å². The first-order valence-electron chi connectivity index (χ1n) is 10.7. The molecule has 1 fully saturated rings. The summed E-state index contributed by atoms with van der Waals surface area (Å²) in [6.07, 6.45) is 5.66. The molecule has 0 atom stereocenters. The molecule has 32 heavy (non-hydrogen) atoms. The Kier molecular flexibility index (Phi) is 7.70. The fourth-order valence-electron chi connectivity index (χ4n) is 3.39. The Balaban J connectivity index is 1.92. The maximum Gasteiger partial charge on any atom is 0.335 e. The van der Waals surface area contributed by atoms with Gasteiger partial charge in [0.05, 0.1) is 12.3 Å². The number of unbranched alkanes of at least 4 members (excludes halogenated alkanes) is 3. The van der Waals surface area contributed by atoms with E-state index < -0.39 is 17.8 Å². The van der Waals surface area contributed by atoms with Crippen LogP contribution in [0, 0.1) is 13.8 Å². The van der Waals surface area contributed by atoms with E-state index in [0.717, 1.165) is 41.7 Å². The highest BCUT2D eigenvalue weighted by molar-refractivity contribution is 6.39. The molecule has 0 radical (unpaired) electrons. The smallest absolute Gasteiger partial charge is 0.335 e. The number of carbonyl (C=O) groups excluding carboxylic acids is 3. The molecule has 0 saturated carbocycles. The summed E-state index contributed by atoms with van der Waals surface area (Å²) < 4.78 is 5.89. The predicted octanol–water partition coefficient (Wildman–Crippen LogP) is 5.58. The lowest BCUT2D eigenvalue weighted by Gasteiger charge is -2.27. The number of hydrogen-bond donors (Lipinski definition) is 1. The number of barbiturate groups is 1. The second-order valence-corrected chi connectivity index (χ2v) is 8.25. The van der Waals surface area contributed by atoms with Crippen molar-refractivity contribution in [3.63, 3.8) is 0 Å². The molecule has 1 N–H and O–H groups in total. The van der Waals surface area contributed by atoms with Crippen molar-refractivity contribution in [2.24, 2.45) is 0 Å². The Morgan fingerprint density at radius 1 is 1.00 bits per heavy atom. The first-order valence-corrected chi connectivity index (χ1v) is 11.1. The standard InChI is InChI=1S/C25H27ClN2O4/c1-4-5-6-7-12-32-22-11-9-19(26)14-18(22)15-21-23(29)27-25(31)28(24(21)30)20-10-8-16(2)17(3)13-20/h8-11,13-15H,4-7,12H2,1-3H3,(H,27,29,31). The molecule has 2 aromatic rings. The third-order valence-electron chi connectivity index (χ3n) is 5.38. The van der Waals surface area contributed by atoms with E-state index in [0.29, 0.717) is 28.6 Å². The Morgan fingerprint density at radius 2 is 1.78 bits per heavy atom. The fourth-order valence-corrected chi connectivity index (χ4v) is 3.57. The molecular weight excluding hydrogens is 428 g/mol. The number of hydrogen-bond acceptors (Lipinski definition) is 4. The SMILES string of the molecule is CCCCCCOc1ccc(Cl)cc1C=C1C(=O)NC(=O)N(c2ccc(C)c(C)c2)C1=O. The van der Waals surface area contributed by atoms with E-state index in [1.807, 2.05) is 19.9 Å². The van der Waals surface area contributed by atoms with Crippen molar-refractivity contribution in [2.75, 3.05) is 11.5 Å². The molecule has 1 heterocycles. The van der Waals surface area contributed by atoms with E-state index in [1.54, 1.807) is 30.3 Å². The van der Waals surface area contributed by atoms with Gasteiger partial charge in [-0.2, -0.15) is 0 Å². The van der Waals surface area contributed by atoms with Crippen molar-refractivity contribution in [3.05, 3.63) is 63.7 Å². The lowest BCUT2D eigenvalue weighted by molar-refractivity contribution is -0.122. The Morgan fingerprint density at radius 3 is 2.50 bits per heavy atom. The van der Waals surface area contributed by atoms with Gasteiger partial charge in [0, 0.05) is 10.6 Å². The van der Waals surface area contributed by atoms with Gasteiger partial charge in [-0.1, -0.05) is 43.9 Å². The van der Waals surface area contributed by atoms with Crippen molar-refractivity contribution in [1.29, 1.82) is 0 Å². The zero-order valence-electron chi connectivity index (χ0n) is 18.5. The van der Waals surface area contributed by atoms with Crippen LogP contribution in [-0.4, -0.2) is 24.5 Å². The molecule has 6 nitrogen and oxygen atoms in total. The molecule has 1 saturated heterocycles. The lowest BCUT2D eigenvalue weighted by atomic mass is 10.0. The van der Waals surface area contributed by atoms with Gasteiger partial charge in [0.15, 0.2) is 0 Å². The monoisotopic (exact) mass is 454 g/mol. The summed E-state index contributed by atoms with van der Waals surface area (Å²) in [6, 6.07) is 9.51. The molecule has 0 aliphatic carbocycles. The fraction of sp³-hybridized carbons (Fsp3) is 0.320. The van der Waals surface area contributed by atoms with Crippen LogP contribution in [0.15, 0.2) is 42.0 Å². The van der Waals surface area contributed by atoms with Gasteiger partial charge in [0.25, 0.3) is 11.8 Å². The molecule has 168 valence electrons. The zero-order valence-corrected chi connectivity index (χ0v) is 19.3. The van der Waals surface area contributed by atoms with E-state index in [4.69, 9.17) is 16.3 Å². The summed E-state index contributed by atoms with van der Waals surface area (Å²) in [5.74, 6) is -0.932. The molecule has 3 rings (SSSR count). The van der Waals surface area contributed by atoms with Crippen molar-refractivity contribution in [2.45, 2.75) is 46.5 Å². The van der Waals surface area contributed by atoms with Crippen molar-refractivity contribution >= 4 is 41.2 Å². The number of imide groups is 2. The number of urea groups is 1. The zero-order chi connectivity index (χ0) is 23.3. The van der Waals surface area contributed by atoms with Gasteiger partial charge in [-0.05, 0) is 67.8 Å². The molecule has 7 heteroatoms. The number of halogens is 1. The third-order valence-corrected chi connectivity index (χ3v) is 5.61. The number of benzene rings is 2. The Bertz CT molecular complexity index is 1080. The number of carbonyl (C=O) groups is 3. The molecule has 2 aromatic carbocycles. The van der Waals surface area contributed by atoms with Gasteiger partial charge in [0.2, 0.25) is 0 Å². The number of nitrogens with one attached hydrogen (secondary N) is 1. The van der Waals surface area contributed by atoms with Crippen molar-refractivity contribution in [1.82, 2.24) is 5.32 Å². The maximum atomic E-state index is 13.2. The molecule has 0 spiro atoms. The highest BCUT2D eigenvalue weighted by Gasteiger charge is 2.37. The van der Waals surface area contributed by atoms with E-state index in [-0.39, 0.29) is 5.57 Å². The number of anilines is 1. The summed E-state index contributed by atoms with van der Waals surface area (Å²) in [6.45, 7) is 6.49. The molecule has 0 unspecified atom stereocenters. The Labute approximate surface area is 193 Å². The minimum Gasteiger partial charge on any atom is -0.493 e. The Hall–Kier alpha value is -3.12. The van der Waals surface area contributed by atoms with Crippen LogP contribution in [-0.2, 0) is 9.59 Å². The van der Waals surface area contributed by atoms with Gasteiger partial charge in [-0.3, -0.25) is 14.9 Å². The van der Waals surface area contributed by atoms with Gasteiger partial charge < -0.3 is 4.74 Å². The molecule has 1 aliphatic rings. The summed E-state index contributed by atoms with van der Waals surface area (Å²) in [7, 11) is 0. The molecule has 1 aliphatic heterocycles. The highest BCUT2D eigenvalue weighted by atomic mass is 35.5. The van der Waals surface area contributed by atoms with Crippen LogP contribution in [0.5, 0.6) is 5.75 Å². The first kappa shape index (κ1) is 23.5. The van der Waals surface area contributed by atoms with Crippen molar-refractivity contribution in [3.8, 4) is 5.75 Å². The average Bonchev–Trinajstić information content (AvgIpc) is 2.74. The quantitative estimate of drug-likeness (QED) is 0.321. The normalized spacial score (nSPS) is 15.3. The number of aryl methyl sites for hydroxylation is 2. The topological polar surface area (TPSA) is 75.7 Å². The largest absolute Gasteiger partial charge is 0.493 e. The van der Waals surface area contributed by atoms with Crippen LogP contribution in [0.3, 0.4) is 0 Å². The van der Waals surface area contributed by atoms with Gasteiger partial charge >= 0.3 is 6.03 Å². The third kappa shape index (κ3) is 5.37. The highest BCUT2D eigenvalue weighted by Crippen LogP contribution is 2.28.